The van der Waals surface area contributed by atoms with E-state index in [0.717, 1.165) is 18.4 Å². The molecule has 3 heteroatoms. The maximum absolute atomic E-state index is 4.32. The number of nitrogens with one attached hydrogen (secondary N) is 2. The molecule has 0 radical (unpaired) electrons. The van der Waals surface area contributed by atoms with E-state index in [-0.39, 0.29) is 0 Å². The van der Waals surface area contributed by atoms with Gasteiger partial charge < -0.3 is 10.6 Å². The molecule has 2 aliphatic rings. The van der Waals surface area contributed by atoms with Crippen LogP contribution in [0, 0.1) is 0 Å². The first-order valence-corrected chi connectivity index (χ1v) is 5.85. The molecular formula is C12H17N3. The maximum atomic E-state index is 4.32. The summed E-state index contributed by atoms with van der Waals surface area (Å²) in [6.45, 7) is 0.979. The Morgan fingerprint density at radius 1 is 1.20 bits per heavy atom. The van der Waals surface area contributed by atoms with E-state index < -0.39 is 0 Å². The van der Waals surface area contributed by atoms with Crippen molar-refractivity contribution in [3.8, 4) is 0 Å². The Morgan fingerprint density at radius 2 is 2.00 bits per heavy atom. The van der Waals surface area contributed by atoms with Crippen molar-refractivity contribution in [2.75, 3.05) is 5.32 Å². The van der Waals surface area contributed by atoms with Crippen LogP contribution in [0.5, 0.6) is 0 Å². The van der Waals surface area contributed by atoms with Crippen LogP contribution in [0.25, 0.3) is 0 Å². The van der Waals surface area contributed by atoms with Gasteiger partial charge in [-0.2, -0.15) is 0 Å². The third-order valence-corrected chi connectivity index (χ3v) is 2.93. The van der Waals surface area contributed by atoms with Gasteiger partial charge in [0.1, 0.15) is 5.82 Å². The Balaban J connectivity index is 1.59. The standard InChI is InChI=1S/C12H17N3/c1-2-10(1)14-8-9-5-6-13-12(7-9)15-11-3-4-11/h5-7,10-11,14H,1-4,8H2,(H,13,15). The highest BCUT2D eigenvalue weighted by molar-refractivity contribution is 5.39. The lowest BCUT2D eigenvalue weighted by Crippen LogP contribution is -2.15. The minimum Gasteiger partial charge on any atom is -0.367 e. The third-order valence-electron chi connectivity index (χ3n) is 2.93. The van der Waals surface area contributed by atoms with Crippen molar-refractivity contribution in [3.05, 3.63) is 23.9 Å². The number of hydrogen-bond donors (Lipinski definition) is 2. The van der Waals surface area contributed by atoms with Crippen LogP contribution >= 0.6 is 0 Å². The smallest absolute Gasteiger partial charge is 0.126 e. The van der Waals surface area contributed by atoms with Gasteiger partial charge in [-0.15, -0.1) is 0 Å². The van der Waals surface area contributed by atoms with Crippen LogP contribution in [0.2, 0.25) is 0 Å². The summed E-state index contributed by atoms with van der Waals surface area (Å²) in [5, 5.41) is 6.93. The van der Waals surface area contributed by atoms with Gasteiger partial charge >= 0.3 is 0 Å². The molecule has 0 spiro atoms. The molecule has 15 heavy (non-hydrogen) atoms. The van der Waals surface area contributed by atoms with Crippen molar-refractivity contribution in [1.29, 1.82) is 0 Å². The molecule has 0 aliphatic heterocycles. The minimum absolute atomic E-state index is 0.684. The molecule has 1 aromatic rings. The highest BCUT2D eigenvalue weighted by Gasteiger charge is 2.22. The largest absolute Gasteiger partial charge is 0.367 e. The van der Waals surface area contributed by atoms with Gasteiger partial charge in [-0.05, 0) is 43.4 Å². The number of aromatic nitrogens is 1. The summed E-state index contributed by atoms with van der Waals surface area (Å²) in [5.41, 5.74) is 1.33. The van der Waals surface area contributed by atoms with Gasteiger partial charge in [-0.3, -0.25) is 0 Å². The summed E-state index contributed by atoms with van der Waals surface area (Å²) < 4.78 is 0. The Labute approximate surface area is 90.3 Å². The van der Waals surface area contributed by atoms with Crippen LogP contribution in [0.1, 0.15) is 31.2 Å². The highest BCUT2D eigenvalue weighted by Crippen LogP contribution is 2.24. The molecule has 2 aliphatic carbocycles. The molecule has 1 heterocycles. The normalized spacial score (nSPS) is 20.3. The second-order valence-electron chi connectivity index (χ2n) is 4.62. The molecule has 0 bridgehead atoms. The average molecular weight is 203 g/mol. The molecule has 3 rings (SSSR count). The fourth-order valence-corrected chi connectivity index (χ4v) is 1.65. The highest BCUT2D eigenvalue weighted by atomic mass is 15.0. The molecule has 0 amide bonds. The summed E-state index contributed by atoms with van der Waals surface area (Å²) >= 11 is 0. The molecule has 0 unspecified atom stereocenters. The van der Waals surface area contributed by atoms with E-state index in [4.69, 9.17) is 0 Å². The van der Waals surface area contributed by atoms with Crippen LogP contribution in [0.4, 0.5) is 5.82 Å². The van der Waals surface area contributed by atoms with Gasteiger partial charge in [0.25, 0.3) is 0 Å². The molecular weight excluding hydrogens is 186 g/mol. The average Bonchev–Trinajstić information content (AvgIpc) is 3.10. The zero-order chi connectivity index (χ0) is 10.1. The zero-order valence-electron chi connectivity index (χ0n) is 8.87. The van der Waals surface area contributed by atoms with Gasteiger partial charge in [0, 0.05) is 24.8 Å². The Bertz CT molecular complexity index is 342. The number of hydrogen-bond acceptors (Lipinski definition) is 3. The van der Waals surface area contributed by atoms with Crippen LogP contribution in [0.15, 0.2) is 18.3 Å². The molecule has 80 valence electrons. The Hall–Kier alpha value is -1.09. The fourth-order valence-electron chi connectivity index (χ4n) is 1.65. The van der Waals surface area contributed by atoms with E-state index in [1.54, 1.807) is 0 Å². The van der Waals surface area contributed by atoms with Gasteiger partial charge in [0.15, 0.2) is 0 Å². The lowest BCUT2D eigenvalue weighted by Gasteiger charge is -2.06. The van der Waals surface area contributed by atoms with Gasteiger partial charge in [-0.1, -0.05) is 0 Å². The molecule has 2 saturated carbocycles. The van der Waals surface area contributed by atoms with Crippen molar-refractivity contribution in [1.82, 2.24) is 10.3 Å². The topological polar surface area (TPSA) is 37.0 Å². The van der Waals surface area contributed by atoms with E-state index in [1.807, 2.05) is 6.20 Å². The first-order valence-electron chi connectivity index (χ1n) is 5.85. The van der Waals surface area contributed by atoms with Crippen LogP contribution in [0.3, 0.4) is 0 Å². The van der Waals surface area contributed by atoms with E-state index in [9.17, 15) is 0 Å². The van der Waals surface area contributed by atoms with E-state index >= 15 is 0 Å². The van der Waals surface area contributed by atoms with E-state index in [0.29, 0.717) is 6.04 Å². The van der Waals surface area contributed by atoms with Gasteiger partial charge in [0.05, 0.1) is 0 Å². The lowest BCUT2D eigenvalue weighted by atomic mass is 10.2. The lowest BCUT2D eigenvalue weighted by molar-refractivity contribution is 0.687. The molecule has 1 aromatic heterocycles. The second kappa shape index (κ2) is 3.81. The molecule has 0 atom stereocenters. The van der Waals surface area contributed by atoms with Crippen molar-refractivity contribution < 1.29 is 0 Å². The fraction of sp³-hybridized carbons (Fsp3) is 0.583. The predicted octanol–water partition coefficient (Wildman–Crippen LogP) is 1.91. The monoisotopic (exact) mass is 203 g/mol. The Kier molecular flexibility index (Phi) is 2.33. The number of anilines is 1. The van der Waals surface area contributed by atoms with E-state index in [1.165, 1.54) is 31.2 Å². The van der Waals surface area contributed by atoms with Crippen molar-refractivity contribution in [2.24, 2.45) is 0 Å². The number of nitrogens with zero attached hydrogens (tertiary/aromatic N) is 1. The van der Waals surface area contributed by atoms with Crippen LogP contribution in [-0.4, -0.2) is 17.1 Å². The van der Waals surface area contributed by atoms with Crippen molar-refractivity contribution in [3.63, 3.8) is 0 Å². The molecule has 0 aromatic carbocycles. The van der Waals surface area contributed by atoms with Crippen LogP contribution < -0.4 is 10.6 Å². The molecule has 2 fully saturated rings. The van der Waals surface area contributed by atoms with E-state index in [2.05, 4.69) is 27.8 Å². The summed E-state index contributed by atoms with van der Waals surface area (Å²) in [6, 6.07) is 5.71. The summed E-state index contributed by atoms with van der Waals surface area (Å²) in [6.07, 6.45) is 7.18. The van der Waals surface area contributed by atoms with Gasteiger partial charge in [0.2, 0.25) is 0 Å². The summed E-state index contributed by atoms with van der Waals surface area (Å²) in [4.78, 5) is 4.32. The SMILES string of the molecule is c1cc(CNC2CC2)cc(NC2CC2)n1. The second-order valence-corrected chi connectivity index (χ2v) is 4.62. The summed E-state index contributed by atoms with van der Waals surface area (Å²) in [7, 11) is 0. The zero-order valence-corrected chi connectivity index (χ0v) is 8.87. The first kappa shape index (κ1) is 9.16. The predicted molar refractivity (Wildman–Crippen MR) is 60.7 cm³/mol. The molecule has 3 nitrogen and oxygen atoms in total. The molecule has 2 N–H and O–H groups in total. The number of pyridine rings is 1. The van der Waals surface area contributed by atoms with Gasteiger partial charge in [-0.25, -0.2) is 4.98 Å². The molecule has 0 saturated heterocycles. The van der Waals surface area contributed by atoms with Crippen molar-refractivity contribution >= 4 is 5.82 Å². The maximum Gasteiger partial charge on any atom is 0.126 e. The summed E-state index contributed by atoms with van der Waals surface area (Å²) in [5.74, 6) is 1.03. The van der Waals surface area contributed by atoms with Crippen molar-refractivity contribution in [2.45, 2.75) is 44.3 Å². The first-order chi connectivity index (χ1) is 7.40. The Morgan fingerprint density at radius 3 is 2.73 bits per heavy atom. The number of rotatable bonds is 5. The minimum atomic E-state index is 0.684. The third kappa shape index (κ3) is 2.69. The van der Waals surface area contributed by atoms with Crippen LogP contribution in [-0.2, 0) is 6.54 Å². The quantitative estimate of drug-likeness (QED) is 0.767.